The molecule has 0 aromatic carbocycles. The molecule has 2 N–H and O–H groups in total. The van der Waals surface area contributed by atoms with Crippen molar-refractivity contribution in [3.8, 4) is 0 Å². The predicted octanol–water partition coefficient (Wildman–Crippen LogP) is -0.770. The Morgan fingerprint density at radius 2 is 2.35 bits per heavy atom. The molecule has 0 aliphatic carbocycles. The van der Waals surface area contributed by atoms with Crippen LogP contribution in [0.4, 0.5) is 0 Å². The molecule has 1 heterocycles. The van der Waals surface area contributed by atoms with Crippen LogP contribution >= 0.6 is 0 Å². The van der Waals surface area contributed by atoms with Gasteiger partial charge in [0.2, 0.25) is 5.91 Å². The molecule has 0 saturated carbocycles. The first-order valence-electron chi connectivity index (χ1n) is 5.57. The Kier molecular flexibility index (Phi) is 5.11. The number of aliphatic hydroxyl groups excluding tert-OH is 1. The van der Waals surface area contributed by atoms with Crippen molar-refractivity contribution in [3.63, 3.8) is 0 Å². The zero-order valence-electron chi connectivity index (χ0n) is 10.6. The number of hydrogen-bond donors (Lipinski definition) is 2. The molecule has 0 bridgehead atoms. The Hall–Kier alpha value is -1.40. The average molecular weight is 240 g/mol. The van der Waals surface area contributed by atoms with Crippen LogP contribution in [0.5, 0.6) is 0 Å². The molecular formula is C11H20N4O2. The van der Waals surface area contributed by atoms with E-state index < -0.39 is 6.10 Å². The third-order valence-corrected chi connectivity index (χ3v) is 2.33. The number of nitrogens with zero attached hydrogens (tertiary/aromatic N) is 3. The van der Waals surface area contributed by atoms with E-state index in [0.717, 1.165) is 5.69 Å². The second-order valence-electron chi connectivity index (χ2n) is 4.35. The molecule has 1 unspecified atom stereocenters. The first kappa shape index (κ1) is 13.7. The second kappa shape index (κ2) is 6.36. The highest BCUT2D eigenvalue weighted by Gasteiger charge is 2.09. The van der Waals surface area contributed by atoms with Gasteiger partial charge in [-0.25, -0.2) is 0 Å². The quantitative estimate of drug-likeness (QED) is 0.685. The molecular weight excluding hydrogens is 220 g/mol. The summed E-state index contributed by atoms with van der Waals surface area (Å²) in [5.41, 5.74) is 0.939. The van der Waals surface area contributed by atoms with Gasteiger partial charge < -0.3 is 15.3 Å². The summed E-state index contributed by atoms with van der Waals surface area (Å²) in [6.07, 6.45) is 1.11. The molecule has 6 nitrogen and oxygen atoms in total. The first-order chi connectivity index (χ1) is 7.99. The minimum atomic E-state index is -0.548. The van der Waals surface area contributed by atoms with Gasteiger partial charge >= 0.3 is 0 Å². The summed E-state index contributed by atoms with van der Waals surface area (Å²) in [6.45, 7) is 2.87. The number of amides is 1. The van der Waals surface area contributed by atoms with E-state index in [0.29, 0.717) is 6.54 Å². The molecule has 17 heavy (non-hydrogen) atoms. The number of aryl methyl sites for hydroxylation is 1. The molecule has 96 valence electrons. The highest BCUT2D eigenvalue weighted by Crippen LogP contribution is 1.95. The van der Waals surface area contributed by atoms with Crippen LogP contribution in [0.3, 0.4) is 0 Å². The molecule has 0 aliphatic rings. The normalized spacial score (nSPS) is 12.8. The van der Waals surface area contributed by atoms with Crippen molar-refractivity contribution in [1.29, 1.82) is 0 Å². The van der Waals surface area contributed by atoms with Crippen molar-refractivity contribution < 1.29 is 9.90 Å². The van der Waals surface area contributed by atoms with E-state index in [1.165, 1.54) is 0 Å². The van der Waals surface area contributed by atoms with Crippen LogP contribution in [0.2, 0.25) is 0 Å². The van der Waals surface area contributed by atoms with Gasteiger partial charge in [-0.05, 0) is 27.1 Å². The Bertz CT molecular complexity index is 362. The molecule has 0 radical (unpaired) electrons. The van der Waals surface area contributed by atoms with Crippen LogP contribution in [-0.4, -0.2) is 59.0 Å². The van der Waals surface area contributed by atoms with Crippen molar-refractivity contribution >= 4 is 5.91 Å². The topological polar surface area (TPSA) is 70.4 Å². The van der Waals surface area contributed by atoms with Crippen molar-refractivity contribution in [2.45, 2.75) is 19.6 Å². The van der Waals surface area contributed by atoms with Crippen LogP contribution in [0.25, 0.3) is 0 Å². The van der Waals surface area contributed by atoms with Gasteiger partial charge in [-0.1, -0.05) is 0 Å². The Morgan fingerprint density at radius 1 is 1.65 bits per heavy atom. The SMILES string of the molecule is Cc1ccnn1CC(=O)NCC(O)CN(C)C. The first-order valence-corrected chi connectivity index (χ1v) is 5.57. The molecule has 6 heteroatoms. The van der Waals surface area contributed by atoms with E-state index in [1.807, 2.05) is 32.0 Å². The summed E-state index contributed by atoms with van der Waals surface area (Å²) in [4.78, 5) is 13.4. The summed E-state index contributed by atoms with van der Waals surface area (Å²) < 4.78 is 1.62. The monoisotopic (exact) mass is 240 g/mol. The minimum Gasteiger partial charge on any atom is -0.390 e. The zero-order valence-corrected chi connectivity index (χ0v) is 10.6. The van der Waals surface area contributed by atoms with Crippen LogP contribution in [0.1, 0.15) is 5.69 Å². The van der Waals surface area contributed by atoms with Crippen molar-refractivity contribution in [3.05, 3.63) is 18.0 Å². The van der Waals surface area contributed by atoms with Gasteiger partial charge in [0, 0.05) is 25.0 Å². The summed E-state index contributed by atoms with van der Waals surface area (Å²) in [6, 6.07) is 1.84. The summed E-state index contributed by atoms with van der Waals surface area (Å²) in [7, 11) is 3.75. The summed E-state index contributed by atoms with van der Waals surface area (Å²) in [5.74, 6) is -0.144. The molecule has 1 aromatic heterocycles. The maximum absolute atomic E-state index is 11.6. The Morgan fingerprint density at radius 3 is 2.88 bits per heavy atom. The van der Waals surface area contributed by atoms with E-state index in [-0.39, 0.29) is 19.0 Å². The lowest BCUT2D eigenvalue weighted by molar-refractivity contribution is -0.122. The van der Waals surface area contributed by atoms with Crippen molar-refractivity contribution in [2.75, 3.05) is 27.2 Å². The Labute approximate surface area is 101 Å². The number of aromatic nitrogens is 2. The van der Waals surface area contributed by atoms with Crippen molar-refractivity contribution in [2.24, 2.45) is 0 Å². The molecule has 1 atom stereocenters. The molecule has 0 spiro atoms. The maximum Gasteiger partial charge on any atom is 0.241 e. The van der Waals surface area contributed by atoms with E-state index in [4.69, 9.17) is 0 Å². The average Bonchev–Trinajstić information content (AvgIpc) is 2.61. The number of carbonyl (C=O) groups excluding carboxylic acids is 1. The number of hydrogen-bond acceptors (Lipinski definition) is 4. The highest BCUT2D eigenvalue weighted by molar-refractivity contribution is 5.75. The van der Waals surface area contributed by atoms with Crippen LogP contribution in [0, 0.1) is 6.92 Å². The molecule has 1 rings (SSSR count). The smallest absolute Gasteiger partial charge is 0.241 e. The summed E-state index contributed by atoms with van der Waals surface area (Å²) >= 11 is 0. The van der Waals surface area contributed by atoms with E-state index in [1.54, 1.807) is 10.9 Å². The van der Waals surface area contributed by atoms with E-state index >= 15 is 0 Å². The molecule has 0 saturated heterocycles. The predicted molar refractivity (Wildman–Crippen MR) is 64.5 cm³/mol. The lowest BCUT2D eigenvalue weighted by atomic mass is 10.3. The fourth-order valence-corrected chi connectivity index (χ4v) is 1.47. The fourth-order valence-electron chi connectivity index (χ4n) is 1.47. The standard InChI is InChI=1S/C11H20N4O2/c1-9-4-5-13-15(9)8-11(17)12-6-10(16)7-14(2)3/h4-5,10,16H,6-8H2,1-3H3,(H,12,17). The van der Waals surface area contributed by atoms with Gasteiger partial charge in [0.25, 0.3) is 0 Å². The minimum absolute atomic E-state index is 0.144. The van der Waals surface area contributed by atoms with Gasteiger partial charge in [-0.3, -0.25) is 9.48 Å². The van der Waals surface area contributed by atoms with Gasteiger partial charge in [-0.15, -0.1) is 0 Å². The third-order valence-electron chi connectivity index (χ3n) is 2.33. The number of nitrogens with one attached hydrogen (secondary N) is 1. The molecule has 1 amide bonds. The number of carbonyl (C=O) groups is 1. The van der Waals surface area contributed by atoms with E-state index in [2.05, 4.69) is 10.4 Å². The Balaban J connectivity index is 2.28. The maximum atomic E-state index is 11.6. The van der Waals surface area contributed by atoms with Crippen LogP contribution < -0.4 is 5.32 Å². The highest BCUT2D eigenvalue weighted by atomic mass is 16.3. The van der Waals surface area contributed by atoms with Crippen LogP contribution in [-0.2, 0) is 11.3 Å². The number of likely N-dealkylation sites (N-methyl/N-ethyl adjacent to an activating group) is 1. The largest absolute Gasteiger partial charge is 0.390 e. The fraction of sp³-hybridized carbons (Fsp3) is 0.636. The van der Waals surface area contributed by atoms with Gasteiger partial charge in [0.05, 0.1) is 6.10 Å². The van der Waals surface area contributed by atoms with Gasteiger partial charge in [0.1, 0.15) is 6.54 Å². The van der Waals surface area contributed by atoms with Crippen molar-refractivity contribution in [1.82, 2.24) is 20.0 Å². The molecule has 1 aromatic rings. The number of rotatable bonds is 6. The van der Waals surface area contributed by atoms with Crippen LogP contribution in [0.15, 0.2) is 12.3 Å². The summed E-state index contributed by atoms with van der Waals surface area (Å²) in [5, 5.41) is 16.3. The third kappa shape index (κ3) is 4.97. The zero-order chi connectivity index (χ0) is 12.8. The van der Waals surface area contributed by atoms with Gasteiger partial charge in [-0.2, -0.15) is 5.10 Å². The molecule has 0 aliphatic heterocycles. The lowest BCUT2D eigenvalue weighted by Crippen LogP contribution is -2.39. The lowest BCUT2D eigenvalue weighted by Gasteiger charge is -2.16. The second-order valence-corrected chi connectivity index (χ2v) is 4.35. The van der Waals surface area contributed by atoms with E-state index in [9.17, 15) is 9.90 Å². The van der Waals surface area contributed by atoms with Gasteiger partial charge in [0.15, 0.2) is 0 Å². The molecule has 0 fully saturated rings. The number of aliphatic hydroxyl groups is 1.